The van der Waals surface area contributed by atoms with Crippen LogP contribution < -0.4 is 5.56 Å². The molecule has 0 unspecified atom stereocenters. The smallest absolute Gasteiger partial charge is 0.301 e. The first-order valence-corrected chi connectivity index (χ1v) is 9.53. The Bertz CT molecular complexity index is 709. The van der Waals surface area contributed by atoms with Crippen LogP contribution in [0.4, 0.5) is 13.2 Å². The SMILES string of the molecule is CS(=O)(=O)CC1(CSc2nc(C(F)(F)F)cc(=O)[nH]2)CCC1. The highest BCUT2D eigenvalue weighted by Gasteiger charge is 2.40. The molecule has 0 aliphatic heterocycles. The quantitative estimate of drug-likeness (QED) is 0.646. The Kier molecular flexibility index (Phi) is 4.63. The van der Waals surface area contributed by atoms with Gasteiger partial charge in [-0.1, -0.05) is 18.2 Å². The number of hydrogen-bond donors (Lipinski definition) is 1. The summed E-state index contributed by atoms with van der Waals surface area (Å²) >= 11 is 0.957. The van der Waals surface area contributed by atoms with E-state index in [-0.39, 0.29) is 10.9 Å². The molecule has 1 aromatic heterocycles. The van der Waals surface area contributed by atoms with E-state index in [1.165, 1.54) is 0 Å². The number of nitrogens with zero attached hydrogens (tertiary/aromatic N) is 1. The van der Waals surface area contributed by atoms with Crippen LogP contribution in [0.3, 0.4) is 0 Å². The third-order valence-corrected chi connectivity index (χ3v) is 5.87. The van der Waals surface area contributed by atoms with Crippen molar-refractivity contribution in [2.75, 3.05) is 17.8 Å². The second-order valence-corrected chi connectivity index (χ2v) is 8.75. The molecule has 1 aliphatic rings. The normalized spacial score (nSPS) is 18.0. The number of aromatic nitrogens is 2. The highest BCUT2D eigenvalue weighted by Crippen LogP contribution is 2.45. The van der Waals surface area contributed by atoms with Gasteiger partial charge >= 0.3 is 6.18 Å². The molecule has 0 bridgehead atoms. The third kappa shape index (κ3) is 4.48. The second-order valence-electron chi connectivity index (χ2n) is 5.65. The van der Waals surface area contributed by atoms with Gasteiger partial charge in [0.15, 0.2) is 10.9 Å². The Morgan fingerprint density at radius 3 is 2.50 bits per heavy atom. The van der Waals surface area contributed by atoms with Crippen molar-refractivity contribution in [3.8, 4) is 0 Å². The van der Waals surface area contributed by atoms with Gasteiger partial charge in [-0.15, -0.1) is 0 Å². The predicted molar refractivity (Wildman–Crippen MR) is 76.6 cm³/mol. The van der Waals surface area contributed by atoms with Crippen LogP contribution in [-0.4, -0.2) is 36.1 Å². The number of aromatic amines is 1. The van der Waals surface area contributed by atoms with E-state index in [1.54, 1.807) is 0 Å². The zero-order valence-electron chi connectivity index (χ0n) is 11.7. The fraction of sp³-hybridized carbons (Fsp3) is 0.667. The van der Waals surface area contributed by atoms with Crippen molar-refractivity contribution in [3.63, 3.8) is 0 Å². The van der Waals surface area contributed by atoms with Gasteiger partial charge in [0.05, 0.1) is 5.75 Å². The Labute approximate surface area is 129 Å². The molecular weight excluding hydrogens is 341 g/mol. The molecule has 0 amide bonds. The van der Waals surface area contributed by atoms with Crippen molar-refractivity contribution < 1.29 is 21.6 Å². The van der Waals surface area contributed by atoms with Crippen molar-refractivity contribution in [2.45, 2.75) is 30.6 Å². The van der Waals surface area contributed by atoms with Crippen LogP contribution in [0.15, 0.2) is 16.0 Å². The Balaban J connectivity index is 2.14. The van der Waals surface area contributed by atoms with Gasteiger partial charge in [-0.3, -0.25) is 4.79 Å². The zero-order chi connectivity index (χ0) is 16.6. The summed E-state index contributed by atoms with van der Waals surface area (Å²) in [4.78, 5) is 16.9. The van der Waals surface area contributed by atoms with E-state index in [0.717, 1.165) is 24.4 Å². The van der Waals surface area contributed by atoms with E-state index in [9.17, 15) is 26.4 Å². The molecule has 22 heavy (non-hydrogen) atoms. The molecule has 1 aliphatic carbocycles. The molecule has 0 spiro atoms. The van der Waals surface area contributed by atoms with Crippen LogP contribution in [0, 0.1) is 5.41 Å². The monoisotopic (exact) mass is 356 g/mol. The standard InChI is InChI=1S/C12H15F3N2O3S2/c1-22(19,20)7-11(3-2-4-11)6-21-10-16-8(12(13,14)15)5-9(18)17-10/h5H,2-4,6-7H2,1H3,(H,16,17,18). The molecule has 124 valence electrons. The molecule has 0 aromatic carbocycles. The molecule has 0 atom stereocenters. The lowest BCUT2D eigenvalue weighted by Crippen LogP contribution is -2.38. The maximum absolute atomic E-state index is 12.6. The third-order valence-electron chi connectivity index (χ3n) is 3.51. The van der Waals surface area contributed by atoms with Crippen LogP contribution in [-0.2, 0) is 16.0 Å². The van der Waals surface area contributed by atoms with E-state index < -0.39 is 32.7 Å². The summed E-state index contributed by atoms with van der Waals surface area (Å²) in [5.41, 5.74) is -2.56. The van der Waals surface area contributed by atoms with Crippen molar-refractivity contribution in [1.82, 2.24) is 9.97 Å². The van der Waals surface area contributed by atoms with Crippen molar-refractivity contribution >= 4 is 21.6 Å². The van der Waals surface area contributed by atoms with Crippen molar-refractivity contribution in [1.29, 1.82) is 0 Å². The van der Waals surface area contributed by atoms with Gasteiger partial charge < -0.3 is 4.98 Å². The molecule has 1 N–H and O–H groups in total. The highest BCUT2D eigenvalue weighted by molar-refractivity contribution is 7.99. The average molecular weight is 356 g/mol. The fourth-order valence-corrected chi connectivity index (χ4v) is 5.24. The van der Waals surface area contributed by atoms with Crippen LogP contribution in [0.25, 0.3) is 0 Å². The largest absolute Gasteiger partial charge is 0.433 e. The number of thioether (sulfide) groups is 1. The number of halogens is 3. The molecule has 2 rings (SSSR count). The molecule has 10 heteroatoms. The van der Waals surface area contributed by atoms with E-state index in [0.29, 0.717) is 24.7 Å². The molecule has 5 nitrogen and oxygen atoms in total. The summed E-state index contributed by atoms with van der Waals surface area (Å²) in [5.74, 6) is 0.306. The number of rotatable bonds is 5. The van der Waals surface area contributed by atoms with Gasteiger partial charge in [0.25, 0.3) is 5.56 Å². The summed E-state index contributed by atoms with van der Waals surface area (Å²) in [6.07, 6.45) is -1.25. The first kappa shape index (κ1) is 17.3. The van der Waals surface area contributed by atoms with Gasteiger partial charge in [-0.2, -0.15) is 13.2 Å². The van der Waals surface area contributed by atoms with Crippen molar-refractivity contribution in [3.05, 3.63) is 22.1 Å². The second kappa shape index (κ2) is 5.88. The van der Waals surface area contributed by atoms with Gasteiger partial charge in [0.1, 0.15) is 9.84 Å². The van der Waals surface area contributed by atoms with Crippen LogP contribution in [0.5, 0.6) is 0 Å². The number of nitrogens with one attached hydrogen (secondary N) is 1. The Morgan fingerprint density at radius 2 is 2.05 bits per heavy atom. The number of alkyl halides is 3. The van der Waals surface area contributed by atoms with E-state index in [2.05, 4.69) is 9.97 Å². The lowest BCUT2D eigenvalue weighted by molar-refractivity contribution is -0.141. The van der Waals surface area contributed by atoms with Crippen LogP contribution in [0.1, 0.15) is 25.0 Å². The molecule has 1 aromatic rings. The Morgan fingerprint density at radius 1 is 1.41 bits per heavy atom. The van der Waals surface area contributed by atoms with E-state index in [1.807, 2.05) is 0 Å². The minimum atomic E-state index is -4.69. The lowest BCUT2D eigenvalue weighted by Gasteiger charge is -2.40. The van der Waals surface area contributed by atoms with E-state index >= 15 is 0 Å². The molecule has 1 saturated carbocycles. The highest BCUT2D eigenvalue weighted by atomic mass is 32.2. The van der Waals surface area contributed by atoms with Gasteiger partial charge in [0, 0.05) is 18.1 Å². The topological polar surface area (TPSA) is 79.9 Å². The molecule has 0 saturated heterocycles. The summed E-state index contributed by atoms with van der Waals surface area (Å²) in [6.45, 7) is 0. The summed E-state index contributed by atoms with van der Waals surface area (Å²) in [6, 6.07) is 0.402. The summed E-state index contributed by atoms with van der Waals surface area (Å²) in [5, 5.41) is -0.139. The fourth-order valence-electron chi connectivity index (χ4n) is 2.43. The summed E-state index contributed by atoms with van der Waals surface area (Å²) in [7, 11) is -3.17. The maximum Gasteiger partial charge on any atom is 0.433 e. The minimum Gasteiger partial charge on any atom is -0.301 e. The number of sulfone groups is 1. The first-order valence-electron chi connectivity index (χ1n) is 6.48. The Hall–Kier alpha value is -1.03. The van der Waals surface area contributed by atoms with E-state index in [4.69, 9.17) is 0 Å². The zero-order valence-corrected chi connectivity index (χ0v) is 13.4. The van der Waals surface area contributed by atoms with Crippen LogP contribution in [0.2, 0.25) is 0 Å². The van der Waals surface area contributed by atoms with Crippen molar-refractivity contribution in [2.24, 2.45) is 5.41 Å². The van der Waals surface area contributed by atoms with Gasteiger partial charge in [0.2, 0.25) is 0 Å². The van der Waals surface area contributed by atoms with Gasteiger partial charge in [-0.25, -0.2) is 13.4 Å². The lowest BCUT2D eigenvalue weighted by atomic mass is 9.72. The molecule has 1 fully saturated rings. The molecular formula is C12H15F3N2O3S2. The number of H-pyrrole nitrogens is 1. The predicted octanol–water partition coefficient (Wildman–Crippen LogP) is 2.10. The summed E-state index contributed by atoms with van der Waals surface area (Å²) < 4.78 is 60.8. The maximum atomic E-state index is 12.6. The number of hydrogen-bond acceptors (Lipinski definition) is 5. The van der Waals surface area contributed by atoms with Crippen LogP contribution >= 0.6 is 11.8 Å². The molecule has 0 radical (unpaired) electrons. The van der Waals surface area contributed by atoms with Gasteiger partial charge in [-0.05, 0) is 18.3 Å². The molecule has 1 heterocycles. The first-order chi connectivity index (χ1) is 9.99. The minimum absolute atomic E-state index is 0.00378. The average Bonchev–Trinajstić information content (AvgIpc) is 2.29.